The highest BCUT2D eigenvalue weighted by atomic mass is 16.5. The minimum Gasteiger partial charge on any atom is -0.460 e. The Kier molecular flexibility index (Phi) is 6.08. The number of carbonyl (C=O) groups excluding carboxylic acids is 3. The first-order valence-corrected chi connectivity index (χ1v) is 14.7. The Hall–Kier alpha value is -1.74. The predicted molar refractivity (Wildman–Crippen MR) is 143 cm³/mol. The van der Waals surface area contributed by atoms with Gasteiger partial charge in [-0.2, -0.15) is 4.99 Å². The van der Waals surface area contributed by atoms with Crippen molar-refractivity contribution in [2.45, 2.75) is 118 Å². The van der Waals surface area contributed by atoms with Gasteiger partial charge in [0.2, 0.25) is 6.08 Å². The molecule has 4 saturated carbocycles. The summed E-state index contributed by atoms with van der Waals surface area (Å²) in [5.74, 6) is 1.49. The van der Waals surface area contributed by atoms with Gasteiger partial charge in [0, 0.05) is 12.8 Å². The van der Waals surface area contributed by atoms with Crippen LogP contribution >= 0.6 is 0 Å². The van der Waals surface area contributed by atoms with Gasteiger partial charge in [-0.3, -0.25) is 9.59 Å². The first-order chi connectivity index (χ1) is 17.2. The Morgan fingerprint density at radius 1 is 1.00 bits per heavy atom. The summed E-state index contributed by atoms with van der Waals surface area (Å²) in [6.45, 7) is 17.8. The summed E-state index contributed by atoms with van der Waals surface area (Å²) in [4.78, 5) is 42.3. The highest BCUT2D eigenvalue weighted by molar-refractivity contribution is 5.95. The molecule has 5 aliphatic rings. The highest BCUT2D eigenvalue weighted by Crippen LogP contribution is 2.74. The molecule has 0 spiro atoms. The van der Waals surface area contributed by atoms with Crippen molar-refractivity contribution < 1.29 is 19.1 Å². The minimum atomic E-state index is -0.870. The van der Waals surface area contributed by atoms with Crippen LogP contribution in [-0.4, -0.2) is 29.5 Å². The van der Waals surface area contributed by atoms with Crippen molar-refractivity contribution >= 4 is 17.8 Å². The van der Waals surface area contributed by atoms with Crippen LogP contribution in [0.5, 0.6) is 0 Å². The lowest BCUT2D eigenvalue weighted by Gasteiger charge is -2.70. The van der Waals surface area contributed by atoms with E-state index in [1.807, 2.05) is 13.0 Å². The summed E-state index contributed by atoms with van der Waals surface area (Å²) in [7, 11) is 0. The largest absolute Gasteiger partial charge is 0.460 e. The fourth-order valence-electron chi connectivity index (χ4n) is 10.9. The Bertz CT molecular complexity index is 1090. The van der Waals surface area contributed by atoms with Crippen LogP contribution in [-0.2, 0) is 19.1 Å². The normalized spacial score (nSPS) is 52.9. The molecule has 0 aromatic rings. The van der Waals surface area contributed by atoms with Crippen LogP contribution in [0.25, 0.3) is 0 Å². The smallest absolute Gasteiger partial charge is 0.302 e. The molecule has 11 atom stereocenters. The van der Waals surface area contributed by atoms with Crippen LogP contribution < -0.4 is 0 Å². The van der Waals surface area contributed by atoms with Crippen molar-refractivity contribution in [2.75, 3.05) is 0 Å². The molecule has 0 amide bonds. The number of allylic oxidation sites excluding steroid dienone is 2. The number of esters is 1. The highest BCUT2D eigenvalue weighted by Gasteiger charge is 2.71. The van der Waals surface area contributed by atoms with E-state index in [1.165, 1.54) is 31.8 Å². The molecule has 5 nitrogen and oxygen atoms in total. The lowest BCUT2D eigenvalue weighted by atomic mass is 9.33. The molecule has 0 N–H and O–H groups in total. The number of ketones is 1. The number of isocyanates is 1. The summed E-state index contributed by atoms with van der Waals surface area (Å²) < 4.78 is 5.73. The summed E-state index contributed by atoms with van der Waals surface area (Å²) in [5, 5.41) is 0. The molecule has 0 radical (unpaired) electrons. The topological polar surface area (TPSA) is 72.8 Å². The van der Waals surface area contributed by atoms with Gasteiger partial charge in [-0.25, -0.2) is 4.79 Å². The number of fused-ring (bicyclic) bond motifs is 7. The molecule has 5 aliphatic carbocycles. The number of hydrogen-bond donors (Lipinski definition) is 0. The maximum atomic E-state index is 14.4. The molecule has 0 heterocycles. The summed E-state index contributed by atoms with van der Waals surface area (Å²) in [6, 6.07) is 0. The van der Waals surface area contributed by atoms with Crippen molar-refractivity contribution in [3.63, 3.8) is 0 Å². The van der Waals surface area contributed by atoms with Crippen LogP contribution in [0.4, 0.5) is 0 Å². The van der Waals surface area contributed by atoms with Gasteiger partial charge in [-0.05, 0) is 110 Å². The Labute approximate surface area is 223 Å². The zero-order chi connectivity index (χ0) is 27.2. The number of carbonyl (C=O) groups is 2. The lowest BCUT2D eigenvalue weighted by Crippen LogP contribution is -2.68. The van der Waals surface area contributed by atoms with Gasteiger partial charge < -0.3 is 4.74 Å². The molecule has 0 saturated heterocycles. The van der Waals surface area contributed by atoms with Crippen LogP contribution in [0.15, 0.2) is 16.6 Å². The number of nitrogens with zero attached hydrogens (tertiary/aromatic N) is 1. The molecule has 0 aliphatic heterocycles. The standard InChI is InChI=1S/C32H47NO4/c1-19-9-12-28(4)15-16-30(6)22(26(28)20(19)2)17-23(36)27-29(5)13-11-25(37-21(3)35)32(8,33-18-34)24(29)10-14-31(27,30)7/h17,19-20,24-27H,9-16H2,1-8H3/t19-,20+,24-,25+,26+,27-,28-,29+,30-,31-,32-/m1/s1. The van der Waals surface area contributed by atoms with E-state index in [0.29, 0.717) is 24.2 Å². The third kappa shape index (κ3) is 3.41. The summed E-state index contributed by atoms with van der Waals surface area (Å²) in [6.07, 6.45) is 11.5. The number of rotatable bonds is 2. The van der Waals surface area contributed by atoms with Gasteiger partial charge in [0.25, 0.3) is 0 Å². The quantitative estimate of drug-likeness (QED) is 0.232. The van der Waals surface area contributed by atoms with Crippen LogP contribution in [0.2, 0.25) is 0 Å². The Morgan fingerprint density at radius 2 is 1.70 bits per heavy atom. The zero-order valence-corrected chi connectivity index (χ0v) is 24.3. The molecule has 4 fully saturated rings. The lowest BCUT2D eigenvalue weighted by molar-refractivity contribution is -0.196. The maximum absolute atomic E-state index is 14.4. The van der Waals surface area contributed by atoms with E-state index in [1.54, 1.807) is 0 Å². The second-order valence-corrected chi connectivity index (χ2v) is 14.9. The number of aliphatic imine (C=N–C) groups is 1. The molecular weight excluding hydrogens is 462 g/mol. The molecule has 5 heteroatoms. The van der Waals surface area contributed by atoms with Crippen molar-refractivity contribution in [2.24, 2.45) is 56.2 Å². The SMILES string of the molecule is CC(=O)O[C@H]1CC[C@@]2(C)[C@@H](CC[C@]3(C)[C@@H]2C(=O)C=C2[C@@H]4[C@@H](C)[C@H](C)CC[C@]4(C)CC[C@]23C)[C@@]1(C)N=C=O. The van der Waals surface area contributed by atoms with Gasteiger partial charge in [-0.1, -0.05) is 47.1 Å². The fraction of sp³-hybridized carbons (Fsp3) is 0.844. The van der Waals surface area contributed by atoms with E-state index >= 15 is 0 Å². The monoisotopic (exact) mass is 509 g/mol. The van der Waals surface area contributed by atoms with Crippen LogP contribution in [0.1, 0.15) is 107 Å². The Balaban J connectivity index is 1.62. The van der Waals surface area contributed by atoms with Gasteiger partial charge >= 0.3 is 5.97 Å². The van der Waals surface area contributed by atoms with Crippen molar-refractivity contribution in [3.05, 3.63) is 11.6 Å². The minimum absolute atomic E-state index is 0.0217. The fourth-order valence-corrected chi connectivity index (χ4v) is 10.9. The van der Waals surface area contributed by atoms with E-state index in [4.69, 9.17) is 4.74 Å². The van der Waals surface area contributed by atoms with Crippen LogP contribution in [0.3, 0.4) is 0 Å². The third-order valence-corrected chi connectivity index (χ3v) is 13.3. The average Bonchev–Trinajstić information content (AvgIpc) is 2.80. The average molecular weight is 510 g/mol. The van der Waals surface area contributed by atoms with Crippen LogP contribution in [0, 0.1) is 51.2 Å². The second kappa shape index (κ2) is 8.38. The summed E-state index contributed by atoms with van der Waals surface area (Å²) >= 11 is 0. The first-order valence-electron chi connectivity index (χ1n) is 14.7. The van der Waals surface area contributed by atoms with Gasteiger partial charge in [0.15, 0.2) is 5.78 Å². The van der Waals surface area contributed by atoms with Crippen molar-refractivity contribution in [1.29, 1.82) is 0 Å². The Morgan fingerprint density at radius 3 is 2.35 bits per heavy atom. The molecule has 0 bridgehead atoms. The molecule has 204 valence electrons. The molecular formula is C32H47NO4. The molecule has 37 heavy (non-hydrogen) atoms. The maximum Gasteiger partial charge on any atom is 0.302 e. The molecule has 0 unspecified atom stereocenters. The van der Waals surface area contributed by atoms with Gasteiger partial charge in [-0.15, -0.1) is 0 Å². The molecule has 5 rings (SSSR count). The molecule has 0 aromatic heterocycles. The third-order valence-electron chi connectivity index (χ3n) is 13.3. The number of ether oxygens (including phenoxy) is 1. The van der Waals surface area contributed by atoms with E-state index in [0.717, 1.165) is 25.7 Å². The number of hydrogen-bond acceptors (Lipinski definition) is 5. The van der Waals surface area contributed by atoms with Gasteiger partial charge in [0.05, 0.1) is 0 Å². The first kappa shape index (κ1) is 26.9. The van der Waals surface area contributed by atoms with Crippen molar-refractivity contribution in [1.82, 2.24) is 0 Å². The second-order valence-electron chi connectivity index (χ2n) is 14.9. The summed E-state index contributed by atoms with van der Waals surface area (Å²) in [5.41, 5.74) is 0.348. The van der Waals surface area contributed by atoms with Gasteiger partial charge in [0.1, 0.15) is 11.6 Å². The predicted octanol–water partition coefficient (Wildman–Crippen LogP) is 6.84. The van der Waals surface area contributed by atoms with E-state index in [9.17, 15) is 14.4 Å². The van der Waals surface area contributed by atoms with E-state index in [-0.39, 0.29) is 45.2 Å². The van der Waals surface area contributed by atoms with E-state index in [2.05, 4.69) is 52.6 Å². The van der Waals surface area contributed by atoms with E-state index < -0.39 is 11.6 Å². The zero-order valence-electron chi connectivity index (χ0n) is 24.3. The molecule has 0 aromatic carbocycles. The van der Waals surface area contributed by atoms with Crippen molar-refractivity contribution in [3.8, 4) is 0 Å².